The second kappa shape index (κ2) is 19.7. The molecule has 0 bridgehead atoms. The van der Waals surface area contributed by atoms with Gasteiger partial charge in [0, 0.05) is 112 Å². The number of rotatable bonds is 10. The number of carbonyl (C=O) groups is 3. The predicted octanol–water partition coefficient (Wildman–Crippen LogP) is 7.79. The molecule has 0 spiro atoms. The van der Waals surface area contributed by atoms with E-state index in [4.69, 9.17) is 26.7 Å². The molecule has 4 aliphatic heterocycles. The molecule has 3 amide bonds. The van der Waals surface area contributed by atoms with Crippen LogP contribution in [0, 0.1) is 17.2 Å². The second-order valence-corrected chi connectivity index (χ2v) is 20.3. The van der Waals surface area contributed by atoms with E-state index >= 15 is 0 Å². The van der Waals surface area contributed by atoms with Crippen molar-refractivity contribution in [3.63, 3.8) is 0 Å². The average molecular weight is 982 g/mol. The molecule has 5 aromatic rings. The normalized spacial score (nSPS) is 20.1. The largest absolute Gasteiger partial charge is 0.490 e. The van der Waals surface area contributed by atoms with Gasteiger partial charge < -0.3 is 29.7 Å². The van der Waals surface area contributed by atoms with Crippen molar-refractivity contribution in [3.8, 4) is 22.9 Å². The Morgan fingerprint density at radius 1 is 0.942 bits per heavy atom. The standard InChI is InChI=1S/C49H55ClF2N12O4S/c1-29(65)62-21-15-42-40(28-62)45(63-16-3-4-31-22-38(33-26-54-59(2)27-33)39(44(51)52)24-43(31)63)58-64(42)35-13-19-60(20-14-35)48(67)30-11-17-61(18-12-30)49-57-56-47(69-49)46(66)55-34-6-9-36(10-7-34)68-37-8-5-32(25-53)41(50)23-37/h5,8,22-24,26-27,30,34-36,44H,3-4,6-7,9-21,28H2,1-2H3,(H,55,66). The minimum atomic E-state index is -2.69. The van der Waals surface area contributed by atoms with E-state index in [1.165, 1.54) is 11.3 Å². The zero-order chi connectivity index (χ0) is 47.9. The van der Waals surface area contributed by atoms with Crippen molar-refractivity contribution in [2.24, 2.45) is 13.0 Å². The predicted molar refractivity (Wildman–Crippen MR) is 256 cm³/mol. The van der Waals surface area contributed by atoms with E-state index in [0.29, 0.717) is 103 Å². The van der Waals surface area contributed by atoms with Gasteiger partial charge >= 0.3 is 0 Å². The quantitative estimate of drug-likeness (QED) is 0.145. The highest BCUT2D eigenvalue weighted by molar-refractivity contribution is 7.17. The number of carbonyl (C=O) groups excluding carboxylic acids is 3. The van der Waals surface area contributed by atoms with E-state index in [-0.39, 0.29) is 47.4 Å². The number of hydrogen-bond donors (Lipinski definition) is 1. The SMILES string of the molecule is CC(=O)N1CCc2c(c(N3CCCc4cc(-c5cnn(C)c5)c(C(F)F)cc43)nn2C2CCN(C(=O)C3CCN(c4nnc(C(=O)NC5CCC(Oc6ccc(C#N)c(Cl)c6)CC5)s4)CC3)CC2)C1. The zero-order valence-corrected chi connectivity index (χ0v) is 40.3. The maximum Gasteiger partial charge on any atom is 0.282 e. The van der Waals surface area contributed by atoms with E-state index in [1.54, 1.807) is 55.3 Å². The molecule has 0 radical (unpaired) electrons. The molecule has 69 heavy (non-hydrogen) atoms. The summed E-state index contributed by atoms with van der Waals surface area (Å²) in [5.74, 6) is 1.14. The van der Waals surface area contributed by atoms with E-state index in [2.05, 4.69) is 41.2 Å². The van der Waals surface area contributed by atoms with Crippen LogP contribution in [0.15, 0.2) is 42.7 Å². The van der Waals surface area contributed by atoms with E-state index in [0.717, 1.165) is 79.7 Å². The Labute approximate surface area is 408 Å². The molecule has 1 aliphatic carbocycles. The van der Waals surface area contributed by atoms with Crippen LogP contribution in [0.25, 0.3) is 11.1 Å². The van der Waals surface area contributed by atoms with Gasteiger partial charge in [-0.1, -0.05) is 22.9 Å². The lowest BCUT2D eigenvalue weighted by molar-refractivity contribution is -0.137. The Hall–Kier alpha value is -6.13. The van der Waals surface area contributed by atoms with E-state index in [1.807, 2.05) is 15.9 Å². The van der Waals surface area contributed by atoms with Crippen LogP contribution in [0.2, 0.25) is 5.02 Å². The van der Waals surface area contributed by atoms with Crippen LogP contribution in [-0.4, -0.2) is 109 Å². The minimum Gasteiger partial charge on any atom is -0.490 e. The lowest BCUT2D eigenvalue weighted by Gasteiger charge is -2.37. The third-order valence-corrected chi connectivity index (χ3v) is 15.9. The van der Waals surface area contributed by atoms with Crippen LogP contribution >= 0.6 is 22.9 Å². The molecule has 0 atom stereocenters. The third-order valence-electron chi connectivity index (χ3n) is 14.6. The van der Waals surface area contributed by atoms with Crippen molar-refractivity contribution in [1.82, 2.24) is 44.9 Å². The van der Waals surface area contributed by atoms with Gasteiger partial charge in [-0.2, -0.15) is 15.5 Å². The molecule has 2 aromatic carbocycles. The van der Waals surface area contributed by atoms with Gasteiger partial charge in [0.05, 0.1) is 35.5 Å². The van der Waals surface area contributed by atoms with Gasteiger partial charge in [0.1, 0.15) is 11.8 Å². The number of likely N-dealkylation sites (tertiary alicyclic amines) is 1. The Balaban J connectivity index is 0.743. The highest BCUT2D eigenvalue weighted by Gasteiger charge is 2.37. The Morgan fingerprint density at radius 2 is 1.72 bits per heavy atom. The number of aryl methyl sites for hydroxylation is 2. The van der Waals surface area contributed by atoms with Crippen molar-refractivity contribution in [2.45, 2.75) is 109 Å². The first-order chi connectivity index (χ1) is 33.4. The molecule has 3 aromatic heterocycles. The van der Waals surface area contributed by atoms with Gasteiger partial charge in [-0.05, 0) is 99.6 Å². The molecule has 16 nitrogen and oxygen atoms in total. The first-order valence-corrected chi connectivity index (χ1v) is 25.2. The van der Waals surface area contributed by atoms with Crippen LogP contribution in [0.3, 0.4) is 0 Å². The topological polar surface area (TPSA) is 171 Å². The van der Waals surface area contributed by atoms with Gasteiger partial charge in [-0.25, -0.2) is 8.78 Å². The number of hydrogen-bond acceptors (Lipinski definition) is 12. The maximum atomic E-state index is 14.8. The number of fused-ring (bicyclic) bond motifs is 2. The summed E-state index contributed by atoms with van der Waals surface area (Å²) >= 11 is 7.45. The Bertz CT molecular complexity index is 2780. The average Bonchev–Trinajstić information content (AvgIpc) is 4.13. The smallest absolute Gasteiger partial charge is 0.282 e. The van der Waals surface area contributed by atoms with E-state index < -0.39 is 6.43 Å². The molecule has 362 valence electrons. The lowest BCUT2D eigenvalue weighted by atomic mass is 9.92. The van der Waals surface area contributed by atoms with Crippen LogP contribution < -0.4 is 19.9 Å². The van der Waals surface area contributed by atoms with E-state index in [9.17, 15) is 23.2 Å². The second-order valence-electron chi connectivity index (χ2n) is 18.9. The zero-order valence-electron chi connectivity index (χ0n) is 38.8. The number of piperidine rings is 2. The molecule has 7 heterocycles. The van der Waals surface area contributed by atoms with Gasteiger partial charge in [0.2, 0.25) is 22.0 Å². The van der Waals surface area contributed by atoms with Crippen LogP contribution in [0.1, 0.15) is 115 Å². The molecular weight excluding hydrogens is 926 g/mol. The van der Waals surface area contributed by atoms with Crippen molar-refractivity contribution in [1.29, 1.82) is 5.26 Å². The number of alkyl halides is 2. The van der Waals surface area contributed by atoms with Gasteiger partial charge in [-0.15, -0.1) is 10.2 Å². The number of nitrogens with one attached hydrogen (secondary N) is 1. The summed E-state index contributed by atoms with van der Waals surface area (Å²) in [7, 11) is 1.77. The number of anilines is 3. The molecular formula is C49H55ClF2N12O4S. The summed E-state index contributed by atoms with van der Waals surface area (Å²) in [5, 5.41) is 31.7. The van der Waals surface area contributed by atoms with Crippen molar-refractivity contribution in [2.75, 3.05) is 49.1 Å². The number of nitrogens with zero attached hydrogens (tertiary/aromatic N) is 11. The third kappa shape index (κ3) is 9.62. The Kier molecular flexibility index (Phi) is 13.3. The summed E-state index contributed by atoms with van der Waals surface area (Å²) < 4.78 is 39.4. The Morgan fingerprint density at radius 3 is 2.42 bits per heavy atom. The monoisotopic (exact) mass is 980 g/mol. The maximum absolute atomic E-state index is 14.8. The van der Waals surface area contributed by atoms with Gasteiger partial charge in [0.15, 0.2) is 5.82 Å². The summed E-state index contributed by atoms with van der Waals surface area (Å²) in [6, 6.07) is 10.7. The summed E-state index contributed by atoms with van der Waals surface area (Å²) in [4.78, 5) is 47.9. The lowest BCUT2D eigenvalue weighted by Crippen LogP contribution is -2.46. The minimum absolute atomic E-state index is 0.00124. The molecule has 1 N–H and O–H groups in total. The van der Waals surface area contributed by atoms with Gasteiger partial charge in [-0.3, -0.25) is 23.7 Å². The summed E-state index contributed by atoms with van der Waals surface area (Å²) in [5.41, 5.74) is 5.24. The fourth-order valence-corrected chi connectivity index (χ4v) is 11.9. The van der Waals surface area contributed by atoms with Crippen LogP contribution in [0.4, 0.5) is 25.4 Å². The van der Waals surface area contributed by atoms with Crippen molar-refractivity contribution in [3.05, 3.63) is 80.7 Å². The number of amides is 3. The first kappa shape index (κ1) is 46.6. The number of aromatic nitrogens is 6. The molecule has 0 unspecified atom stereocenters. The van der Waals surface area contributed by atoms with Crippen LogP contribution in [-0.2, 0) is 36.0 Å². The van der Waals surface area contributed by atoms with Gasteiger partial charge in [0.25, 0.3) is 12.3 Å². The van der Waals surface area contributed by atoms with Crippen molar-refractivity contribution < 1.29 is 27.9 Å². The number of halogens is 3. The van der Waals surface area contributed by atoms with Crippen LogP contribution in [0.5, 0.6) is 5.75 Å². The summed E-state index contributed by atoms with van der Waals surface area (Å²) in [6.07, 6.45) is 8.77. The highest BCUT2D eigenvalue weighted by Crippen LogP contribution is 2.44. The number of ether oxygens (including phenoxy) is 1. The molecule has 3 fully saturated rings. The highest BCUT2D eigenvalue weighted by atomic mass is 35.5. The molecule has 5 aliphatic rings. The van der Waals surface area contributed by atoms with Crippen molar-refractivity contribution >= 4 is 57.3 Å². The fourth-order valence-electron chi connectivity index (χ4n) is 10.8. The number of benzene rings is 2. The first-order valence-electron chi connectivity index (χ1n) is 24.0. The molecule has 1 saturated carbocycles. The number of nitriles is 1. The molecule has 2 saturated heterocycles. The molecule has 20 heteroatoms. The molecule has 10 rings (SSSR count). The summed E-state index contributed by atoms with van der Waals surface area (Å²) in [6.45, 7) is 5.66. The fraction of sp³-hybridized carbons (Fsp3) is 0.510.